The van der Waals surface area contributed by atoms with Gasteiger partial charge in [0.2, 0.25) is 0 Å². The lowest BCUT2D eigenvalue weighted by Gasteiger charge is -2.31. The van der Waals surface area contributed by atoms with Crippen molar-refractivity contribution in [1.29, 1.82) is 0 Å². The molecule has 6 heteroatoms. The van der Waals surface area contributed by atoms with Gasteiger partial charge in [0.25, 0.3) is 5.91 Å². The van der Waals surface area contributed by atoms with Crippen molar-refractivity contribution < 1.29 is 4.79 Å². The number of likely N-dealkylation sites (tertiary alicyclic amines) is 1. The monoisotopic (exact) mass is 334 g/mol. The second-order valence-corrected chi connectivity index (χ2v) is 5.76. The van der Waals surface area contributed by atoms with E-state index >= 15 is 0 Å². The fraction of sp³-hybridized carbons (Fsp3) is 0.412. The van der Waals surface area contributed by atoms with Crippen molar-refractivity contribution in [1.82, 2.24) is 20.0 Å². The van der Waals surface area contributed by atoms with Gasteiger partial charge in [-0.3, -0.25) is 4.79 Å². The molecular formula is C17H23ClN4O. The standard InChI is InChI=1S/C17H22N4O.ClH/c1-13-16(12-21(19-13)15-6-4-3-5-7-15)17(22)20-10-8-14(18-2)9-11-20;/h3-7,12,14,18H,8-11H2,1-2H3;1H. The van der Waals surface area contributed by atoms with Crippen LogP contribution in [0.2, 0.25) is 0 Å². The van der Waals surface area contributed by atoms with Crippen molar-refractivity contribution in [3.63, 3.8) is 0 Å². The van der Waals surface area contributed by atoms with Crippen LogP contribution in [0.3, 0.4) is 0 Å². The quantitative estimate of drug-likeness (QED) is 0.938. The number of nitrogens with one attached hydrogen (secondary N) is 1. The zero-order chi connectivity index (χ0) is 15.5. The highest BCUT2D eigenvalue weighted by molar-refractivity contribution is 5.95. The Kier molecular flexibility index (Phi) is 5.80. The number of hydrogen-bond donors (Lipinski definition) is 1. The van der Waals surface area contributed by atoms with Gasteiger partial charge in [-0.05, 0) is 38.9 Å². The van der Waals surface area contributed by atoms with Gasteiger partial charge in [0, 0.05) is 25.3 Å². The molecule has 1 fully saturated rings. The Morgan fingerprint density at radius 3 is 2.48 bits per heavy atom. The van der Waals surface area contributed by atoms with Crippen LogP contribution in [0.25, 0.3) is 5.69 Å². The summed E-state index contributed by atoms with van der Waals surface area (Å²) in [5.41, 5.74) is 2.45. The van der Waals surface area contributed by atoms with E-state index < -0.39 is 0 Å². The fourth-order valence-corrected chi connectivity index (χ4v) is 2.92. The Labute approximate surface area is 143 Å². The van der Waals surface area contributed by atoms with Gasteiger partial charge in [-0.1, -0.05) is 18.2 Å². The van der Waals surface area contributed by atoms with Crippen molar-refractivity contribution >= 4 is 18.3 Å². The summed E-state index contributed by atoms with van der Waals surface area (Å²) in [6.07, 6.45) is 3.86. The summed E-state index contributed by atoms with van der Waals surface area (Å²) in [7, 11) is 1.98. The number of aromatic nitrogens is 2. The van der Waals surface area contributed by atoms with Crippen LogP contribution >= 0.6 is 12.4 Å². The number of carbonyl (C=O) groups excluding carboxylic acids is 1. The maximum Gasteiger partial charge on any atom is 0.257 e. The fourth-order valence-electron chi connectivity index (χ4n) is 2.92. The summed E-state index contributed by atoms with van der Waals surface area (Å²) < 4.78 is 1.78. The third-order valence-electron chi connectivity index (χ3n) is 4.34. The van der Waals surface area contributed by atoms with Gasteiger partial charge in [-0.2, -0.15) is 5.10 Å². The highest BCUT2D eigenvalue weighted by Gasteiger charge is 2.25. The molecular weight excluding hydrogens is 312 g/mol. The minimum absolute atomic E-state index is 0. The molecule has 0 bridgehead atoms. The molecule has 1 aromatic carbocycles. The molecule has 0 unspecified atom stereocenters. The lowest BCUT2D eigenvalue weighted by Crippen LogP contribution is -2.44. The number of aryl methyl sites for hydroxylation is 1. The molecule has 3 rings (SSSR count). The Bertz CT molecular complexity index is 648. The van der Waals surface area contributed by atoms with Crippen molar-refractivity contribution in [3.8, 4) is 5.69 Å². The molecule has 5 nitrogen and oxygen atoms in total. The molecule has 0 radical (unpaired) electrons. The molecule has 1 aliphatic heterocycles. The minimum Gasteiger partial charge on any atom is -0.338 e. The summed E-state index contributed by atoms with van der Waals surface area (Å²) in [4.78, 5) is 14.7. The largest absolute Gasteiger partial charge is 0.338 e. The van der Waals surface area contributed by atoms with Crippen LogP contribution in [0.1, 0.15) is 28.9 Å². The van der Waals surface area contributed by atoms with E-state index in [4.69, 9.17) is 0 Å². The van der Waals surface area contributed by atoms with E-state index in [1.54, 1.807) is 4.68 Å². The zero-order valence-electron chi connectivity index (χ0n) is 13.5. The molecule has 1 saturated heterocycles. The van der Waals surface area contributed by atoms with Crippen LogP contribution in [-0.4, -0.2) is 46.8 Å². The Hall–Kier alpha value is -1.85. The van der Waals surface area contributed by atoms with Crippen molar-refractivity contribution in [2.75, 3.05) is 20.1 Å². The number of hydrogen-bond acceptors (Lipinski definition) is 3. The Morgan fingerprint density at radius 2 is 1.87 bits per heavy atom. The molecule has 1 aliphatic rings. The first-order chi connectivity index (χ1) is 10.7. The van der Waals surface area contributed by atoms with E-state index in [1.807, 2.05) is 55.4 Å². The average Bonchev–Trinajstić information content (AvgIpc) is 2.97. The van der Waals surface area contributed by atoms with Crippen LogP contribution in [0, 0.1) is 6.92 Å². The molecule has 0 atom stereocenters. The van der Waals surface area contributed by atoms with Crippen molar-refractivity contribution in [2.24, 2.45) is 0 Å². The van der Waals surface area contributed by atoms with E-state index in [-0.39, 0.29) is 18.3 Å². The summed E-state index contributed by atoms with van der Waals surface area (Å²) in [5, 5.41) is 7.77. The molecule has 1 N–H and O–H groups in total. The number of para-hydroxylation sites is 1. The van der Waals surface area contributed by atoms with Crippen LogP contribution in [0.15, 0.2) is 36.5 Å². The first kappa shape index (κ1) is 17.5. The highest BCUT2D eigenvalue weighted by Crippen LogP contribution is 2.17. The third-order valence-corrected chi connectivity index (χ3v) is 4.34. The summed E-state index contributed by atoms with van der Waals surface area (Å²) in [6, 6.07) is 10.4. The maximum atomic E-state index is 12.7. The molecule has 1 amide bonds. The van der Waals surface area contributed by atoms with Crippen LogP contribution < -0.4 is 5.32 Å². The topological polar surface area (TPSA) is 50.2 Å². The molecule has 124 valence electrons. The van der Waals surface area contributed by atoms with Gasteiger partial charge in [0.1, 0.15) is 0 Å². The molecule has 23 heavy (non-hydrogen) atoms. The van der Waals surface area contributed by atoms with Crippen molar-refractivity contribution in [3.05, 3.63) is 47.8 Å². The van der Waals surface area contributed by atoms with E-state index in [2.05, 4.69) is 10.4 Å². The summed E-state index contributed by atoms with van der Waals surface area (Å²) in [6.45, 7) is 3.51. The van der Waals surface area contributed by atoms with E-state index in [0.29, 0.717) is 11.6 Å². The number of halogens is 1. The first-order valence-corrected chi connectivity index (χ1v) is 7.77. The van der Waals surface area contributed by atoms with Gasteiger partial charge < -0.3 is 10.2 Å². The number of amides is 1. The Balaban J connectivity index is 0.00000192. The van der Waals surface area contributed by atoms with Crippen LogP contribution in [0.4, 0.5) is 0 Å². The van der Waals surface area contributed by atoms with Gasteiger partial charge >= 0.3 is 0 Å². The number of benzene rings is 1. The molecule has 0 saturated carbocycles. The first-order valence-electron chi connectivity index (χ1n) is 7.77. The predicted octanol–water partition coefficient (Wildman–Crippen LogP) is 2.43. The minimum atomic E-state index is 0. The molecule has 2 heterocycles. The predicted molar refractivity (Wildman–Crippen MR) is 93.5 cm³/mol. The van der Waals surface area contributed by atoms with Crippen LogP contribution in [-0.2, 0) is 0 Å². The molecule has 0 spiro atoms. The highest BCUT2D eigenvalue weighted by atomic mass is 35.5. The number of nitrogens with zero attached hydrogens (tertiary/aromatic N) is 3. The number of piperidine rings is 1. The molecule has 2 aromatic rings. The summed E-state index contributed by atoms with van der Waals surface area (Å²) in [5.74, 6) is 0.0919. The normalized spacial score (nSPS) is 15.3. The number of rotatable bonds is 3. The second-order valence-electron chi connectivity index (χ2n) is 5.76. The van der Waals surface area contributed by atoms with E-state index in [1.165, 1.54) is 0 Å². The molecule has 0 aliphatic carbocycles. The van der Waals surface area contributed by atoms with Gasteiger partial charge in [0.05, 0.1) is 16.9 Å². The Morgan fingerprint density at radius 1 is 1.22 bits per heavy atom. The van der Waals surface area contributed by atoms with Gasteiger partial charge in [-0.25, -0.2) is 4.68 Å². The second kappa shape index (κ2) is 7.62. The van der Waals surface area contributed by atoms with E-state index in [9.17, 15) is 4.79 Å². The van der Waals surface area contributed by atoms with Gasteiger partial charge in [0.15, 0.2) is 0 Å². The molecule has 1 aromatic heterocycles. The average molecular weight is 335 g/mol. The van der Waals surface area contributed by atoms with E-state index in [0.717, 1.165) is 37.3 Å². The number of carbonyl (C=O) groups is 1. The van der Waals surface area contributed by atoms with Crippen LogP contribution in [0.5, 0.6) is 0 Å². The zero-order valence-corrected chi connectivity index (χ0v) is 14.3. The van der Waals surface area contributed by atoms with Crippen molar-refractivity contribution in [2.45, 2.75) is 25.8 Å². The smallest absolute Gasteiger partial charge is 0.257 e. The lowest BCUT2D eigenvalue weighted by molar-refractivity contribution is 0.0706. The third kappa shape index (κ3) is 3.74. The van der Waals surface area contributed by atoms with Gasteiger partial charge in [-0.15, -0.1) is 12.4 Å². The lowest BCUT2D eigenvalue weighted by atomic mass is 10.0. The SMILES string of the molecule is CNC1CCN(C(=O)c2cn(-c3ccccc3)nc2C)CC1.Cl. The maximum absolute atomic E-state index is 12.7. The summed E-state index contributed by atoms with van der Waals surface area (Å²) >= 11 is 0.